The number of rotatable bonds is 3. The molecule has 0 atom stereocenters. The van der Waals surface area contributed by atoms with Crippen molar-refractivity contribution in [3.63, 3.8) is 0 Å². The molecule has 0 saturated heterocycles. The van der Waals surface area contributed by atoms with Crippen LogP contribution in [0.1, 0.15) is 13.3 Å². The van der Waals surface area contributed by atoms with Crippen LogP contribution in [0.2, 0.25) is 0 Å². The molecule has 0 aliphatic rings. The van der Waals surface area contributed by atoms with Gasteiger partial charge < -0.3 is 11.5 Å². The highest BCUT2D eigenvalue weighted by Gasteiger charge is 2.02. The third kappa shape index (κ3) is 6.36. The summed E-state index contributed by atoms with van der Waals surface area (Å²) in [5.41, 5.74) is 11.4. The summed E-state index contributed by atoms with van der Waals surface area (Å²) in [4.78, 5) is 11.0. The smallest absolute Gasteiger partial charge is 0.153 e. The molecule has 98 valence electrons. The van der Waals surface area contributed by atoms with Crippen molar-refractivity contribution in [3.05, 3.63) is 40.6 Å². The van der Waals surface area contributed by atoms with Crippen molar-refractivity contribution >= 4 is 41.8 Å². The fraction of sp³-hybridized carbons (Fsp3) is 0.167. The zero-order chi connectivity index (χ0) is 14.1. The highest BCUT2D eigenvalue weighted by atomic mass is 32.1. The van der Waals surface area contributed by atoms with Crippen molar-refractivity contribution in [2.24, 2.45) is 5.73 Å². The van der Waals surface area contributed by atoms with Gasteiger partial charge in [0.1, 0.15) is 10.8 Å². The predicted octanol–water partition coefficient (Wildman–Crippen LogP) is 2.47. The predicted molar refractivity (Wildman–Crippen MR) is 80.0 cm³/mol. The highest BCUT2D eigenvalue weighted by molar-refractivity contribution is 7.85. The van der Waals surface area contributed by atoms with Gasteiger partial charge in [0.15, 0.2) is 6.29 Å². The average Bonchev–Trinajstić information content (AvgIpc) is 2.34. The molecule has 0 unspecified atom stereocenters. The second kappa shape index (κ2) is 8.66. The molecule has 0 bridgehead atoms. The standard InChI is InChI=1S/C6H6FN.C6H9NOS2/c7-5-1-3-6(8)4-2-5;1-2-5(9)4(3-8)6(7)10/h1-4H,8H2;3,9H,2H2,1H3,(H2,7,10)/b;5-4+. The molecule has 18 heavy (non-hydrogen) atoms. The molecular formula is C12H15FN2OS2. The van der Waals surface area contributed by atoms with E-state index in [0.29, 0.717) is 28.9 Å². The lowest BCUT2D eigenvalue weighted by Gasteiger charge is -1.98. The minimum Gasteiger partial charge on any atom is -0.399 e. The van der Waals surface area contributed by atoms with Crippen molar-refractivity contribution in [3.8, 4) is 0 Å². The van der Waals surface area contributed by atoms with E-state index in [1.165, 1.54) is 24.3 Å². The Kier molecular flexibility index (Phi) is 7.98. The normalized spacial score (nSPS) is 10.8. The zero-order valence-corrected chi connectivity index (χ0v) is 11.6. The third-order valence-electron chi connectivity index (χ3n) is 1.90. The van der Waals surface area contributed by atoms with Crippen LogP contribution in [0.25, 0.3) is 0 Å². The van der Waals surface area contributed by atoms with Gasteiger partial charge in [-0.25, -0.2) is 4.39 Å². The third-order valence-corrected chi connectivity index (χ3v) is 2.68. The van der Waals surface area contributed by atoms with E-state index in [0.717, 1.165) is 0 Å². The number of allylic oxidation sites excluding steroid dienone is 1. The number of halogens is 1. The number of thiocarbonyl (C=S) groups is 1. The molecule has 3 nitrogen and oxygen atoms in total. The molecule has 1 rings (SSSR count). The van der Waals surface area contributed by atoms with Crippen LogP contribution in [0, 0.1) is 5.82 Å². The van der Waals surface area contributed by atoms with E-state index in [1.54, 1.807) is 0 Å². The number of benzene rings is 1. The first-order valence-electron chi connectivity index (χ1n) is 5.10. The first kappa shape index (κ1) is 16.6. The summed E-state index contributed by atoms with van der Waals surface area (Å²) in [5.74, 6) is -0.251. The van der Waals surface area contributed by atoms with Gasteiger partial charge in [-0.2, -0.15) is 0 Å². The van der Waals surface area contributed by atoms with Crippen LogP contribution in [0.15, 0.2) is 34.7 Å². The van der Waals surface area contributed by atoms with Crippen LogP contribution in [0.4, 0.5) is 10.1 Å². The topological polar surface area (TPSA) is 69.1 Å². The van der Waals surface area contributed by atoms with E-state index in [2.05, 4.69) is 24.8 Å². The van der Waals surface area contributed by atoms with E-state index >= 15 is 0 Å². The molecule has 0 radical (unpaired) electrons. The Morgan fingerprint density at radius 3 is 2.17 bits per heavy atom. The number of thiol groups is 1. The van der Waals surface area contributed by atoms with Crippen LogP contribution < -0.4 is 11.5 Å². The molecule has 0 heterocycles. The van der Waals surface area contributed by atoms with Crippen molar-refractivity contribution in [2.45, 2.75) is 13.3 Å². The fourth-order valence-electron chi connectivity index (χ4n) is 0.922. The van der Waals surface area contributed by atoms with E-state index in [-0.39, 0.29) is 10.8 Å². The number of hydrogen-bond donors (Lipinski definition) is 3. The minimum atomic E-state index is -0.251. The molecule has 6 heteroatoms. The summed E-state index contributed by atoms with van der Waals surface area (Å²) in [5, 5.41) is 0. The maximum Gasteiger partial charge on any atom is 0.153 e. The van der Waals surface area contributed by atoms with E-state index in [4.69, 9.17) is 11.5 Å². The van der Waals surface area contributed by atoms with Gasteiger partial charge in [0.05, 0.1) is 5.57 Å². The summed E-state index contributed by atoms with van der Waals surface area (Å²) in [6.45, 7) is 1.88. The summed E-state index contributed by atoms with van der Waals surface area (Å²) in [7, 11) is 0. The number of carbonyl (C=O) groups is 1. The Balaban J connectivity index is 0.000000327. The molecule has 0 fully saturated rings. The highest BCUT2D eigenvalue weighted by Crippen LogP contribution is 2.10. The Morgan fingerprint density at radius 2 is 1.94 bits per heavy atom. The second-order valence-corrected chi connectivity index (χ2v) is 4.23. The first-order chi connectivity index (χ1) is 8.42. The van der Waals surface area contributed by atoms with E-state index in [1.807, 2.05) is 6.92 Å². The van der Waals surface area contributed by atoms with Gasteiger partial charge in [0.2, 0.25) is 0 Å². The van der Waals surface area contributed by atoms with Gasteiger partial charge in [0, 0.05) is 5.69 Å². The van der Waals surface area contributed by atoms with Crippen LogP contribution in [-0.2, 0) is 4.79 Å². The summed E-state index contributed by atoms with van der Waals surface area (Å²) in [6, 6.07) is 5.70. The molecule has 0 saturated carbocycles. The monoisotopic (exact) mass is 286 g/mol. The Labute approximate surface area is 116 Å². The van der Waals surface area contributed by atoms with Crippen LogP contribution in [0.5, 0.6) is 0 Å². The fourth-order valence-corrected chi connectivity index (χ4v) is 1.34. The summed E-state index contributed by atoms with van der Waals surface area (Å²) in [6.07, 6.45) is 1.31. The number of nitrogens with two attached hydrogens (primary N) is 2. The van der Waals surface area contributed by atoms with Crippen molar-refractivity contribution < 1.29 is 9.18 Å². The number of anilines is 1. The van der Waals surface area contributed by atoms with Crippen molar-refractivity contribution in [1.82, 2.24) is 0 Å². The number of nitrogen functional groups attached to an aromatic ring is 1. The van der Waals surface area contributed by atoms with Gasteiger partial charge in [-0.1, -0.05) is 19.1 Å². The number of hydrogen-bond acceptors (Lipinski definition) is 4. The van der Waals surface area contributed by atoms with Gasteiger partial charge in [0.25, 0.3) is 0 Å². The lowest BCUT2D eigenvalue weighted by atomic mass is 10.2. The summed E-state index contributed by atoms with van der Waals surface area (Å²) >= 11 is 8.62. The van der Waals surface area contributed by atoms with Crippen LogP contribution in [0.3, 0.4) is 0 Å². The second-order valence-electron chi connectivity index (χ2n) is 3.25. The Bertz CT molecular complexity index is 423. The number of carbonyl (C=O) groups excluding carboxylic acids is 1. The summed E-state index contributed by atoms with van der Waals surface area (Å²) < 4.78 is 12.0. The van der Waals surface area contributed by atoms with E-state index in [9.17, 15) is 9.18 Å². The quantitative estimate of drug-likeness (QED) is 0.262. The molecular weight excluding hydrogens is 271 g/mol. The maximum atomic E-state index is 12.0. The molecule has 0 amide bonds. The lowest BCUT2D eigenvalue weighted by Crippen LogP contribution is -2.13. The SMILES string of the molecule is CC/C(S)=C(/C=O)C(N)=S.Nc1ccc(F)cc1. The maximum absolute atomic E-state index is 12.0. The van der Waals surface area contributed by atoms with Gasteiger partial charge in [-0.05, 0) is 35.6 Å². The number of aldehydes is 1. The van der Waals surface area contributed by atoms with Crippen molar-refractivity contribution in [1.29, 1.82) is 0 Å². The molecule has 1 aromatic rings. The Morgan fingerprint density at radius 1 is 1.44 bits per heavy atom. The molecule has 1 aromatic carbocycles. The van der Waals surface area contributed by atoms with Gasteiger partial charge >= 0.3 is 0 Å². The van der Waals surface area contributed by atoms with Gasteiger partial charge in [-0.15, -0.1) is 12.6 Å². The van der Waals surface area contributed by atoms with Crippen LogP contribution >= 0.6 is 24.8 Å². The van der Waals surface area contributed by atoms with E-state index < -0.39 is 0 Å². The van der Waals surface area contributed by atoms with Crippen molar-refractivity contribution in [2.75, 3.05) is 5.73 Å². The first-order valence-corrected chi connectivity index (χ1v) is 5.96. The van der Waals surface area contributed by atoms with Crippen LogP contribution in [-0.4, -0.2) is 11.3 Å². The largest absolute Gasteiger partial charge is 0.399 e. The van der Waals surface area contributed by atoms with Gasteiger partial charge in [-0.3, -0.25) is 4.79 Å². The molecule has 4 N–H and O–H groups in total. The average molecular weight is 286 g/mol. The molecule has 0 aromatic heterocycles. The molecule has 0 spiro atoms. The zero-order valence-electron chi connectivity index (χ0n) is 9.89. The lowest BCUT2D eigenvalue weighted by molar-refractivity contribution is -0.104. The molecule has 0 aliphatic carbocycles. The minimum absolute atomic E-state index is 0.113. The Hall–Kier alpha value is -1.40. The molecule has 0 aliphatic heterocycles.